The molecule has 0 heterocycles. The minimum atomic E-state index is 0.177. The number of ketones is 1. The van der Waals surface area contributed by atoms with Crippen LogP contribution >= 0.6 is 0 Å². The van der Waals surface area contributed by atoms with Gasteiger partial charge in [-0.2, -0.15) is 0 Å². The number of carbonyl (C=O) groups is 1. The molecule has 0 aromatic heterocycles. The topological polar surface area (TPSA) is 17.1 Å². The Morgan fingerprint density at radius 2 is 1.79 bits per heavy atom. The van der Waals surface area contributed by atoms with Gasteiger partial charge in [0.25, 0.3) is 0 Å². The fourth-order valence-electron chi connectivity index (χ4n) is 1.68. The number of rotatable bonds is 3. The zero-order chi connectivity index (χ0) is 10.7. The highest BCUT2D eigenvalue weighted by atomic mass is 16.1. The number of Topliss-reactive ketones (excluding diaryl/α,β-unsaturated/α-hetero) is 1. The minimum absolute atomic E-state index is 0.177. The van der Waals surface area contributed by atoms with Crippen molar-refractivity contribution in [1.29, 1.82) is 0 Å². The molecule has 0 N–H and O–H groups in total. The molecular formula is C13H18O. The van der Waals surface area contributed by atoms with E-state index < -0.39 is 0 Å². The number of carbonyl (C=O) groups excluding carboxylic acids is 1. The van der Waals surface area contributed by atoms with Gasteiger partial charge >= 0.3 is 0 Å². The molecule has 0 bridgehead atoms. The van der Waals surface area contributed by atoms with Crippen LogP contribution in [-0.2, 0) is 6.42 Å². The second-order valence-electron chi connectivity index (χ2n) is 3.90. The van der Waals surface area contributed by atoms with E-state index in [9.17, 15) is 4.79 Å². The summed E-state index contributed by atoms with van der Waals surface area (Å²) in [4.78, 5) is 11.4. The molecule has 1 rings (SSSR count). The van der Waals surface area contributed by atoms with Gasteiger partial charge in [0.05, 0.1) is 0 Å². The molecular weight excluding hydrogens is 172 g/mol. The maximum Gasteiger partial charge on any atom is 0.160 e. The molecule has 1 heteroatoms. The lowest BCUT2D eigenvalue weighted by Gasteiger charge is -2.09. The Balaban J connectivity index is 3.24. The molecule has 14 heavy (non-hydrogen) atoms. The highest BCUT2D eigenvalue weighted by molar-refractivity contribution is 5.95. The van der Waals surface area contributed by atoms with Gasteiger partial charge in [-0.1, -0.05) is 19.4 Å². The fraction of sp³-hybridized carbons (Fsp3) is 0.462. The van der Waals surface area contributed by atoms with Crippen molar-refractivity contribution in [3.63, 3.8) is 0 Å². The molecule has 0 amide bonds. The van der Waals surface area contributed by atoms with E-state index in [1.807, 2.05) is 6.07 Å². The summed E-state index contributed by atoms with van der Waals surface area (Å²) >= 11 is 0. The molecule has 0 saturated carbocycles. The maximum absolute atomic E-state index is 11.4. The summed E-state index contributed by atoms with van der Waals surface area (Å²) in [5, 5.41) is 0. The van der Waals surface area contributed by atoms with Gasteiger partial charge in [0.15, 0.2) is 5.78 Å². The third-order valence-corrected chi connectivity index (χ3v) is 2.62. The van der Waals surface area contributed by atoms with Crippen LogP contribution in [0.25, 0.3) is 0 Å². The van der Waals surface area contributed by atoms with Crippen molar-refractivity contribution in [1.82, 2.24) is 0 Å². The van der Waals surface area contributed by atoms with Crippen LogP contribution in [0.15, 0.2) is 12.1 Å². The average Bonchev–Trinajstić information content (AvgIpc) is 2.11. The molecule has 0 saturated heterocycles. The first-order valence-electron chi connectivity index (χ1n) is 5.17. The smallest absolute Gasteiger partial charge is 0.160 e. The van der Waals surface area contributed by atoms with Gasteiger partial charge in [-0.25, -0.2) is 0 Å². The fourth-order valence-corrected chi connectivity index (χ4v) is 1.68. The van der Waals surface area contributed by atoms with Crippen molar-refractivity contribution in [2.24, 2.45) is 0 Å². The van der Waals surface area contributed by atoms with E-state index in [0.29, 0.717) is 0 Å². The lowest BCUT2D eigenvalue weighted by molar-refractivity contribution is 0.101. The van der Waals surface area contributed by atoms with Crippen LogP contribution in [0.4, 0.5) is 0 Å². The Kier molecular flexibility index (Phi) is 3.45. The summed E-state index contributed by atoms with van der Waals surface area (Å²) in [6.07, 6.45) is 2.08. The van der Waals surface area contributed by atoms with Crippen LogP contribution in [-0.4, -0.2) is 5.78 Å². The summed E-state index contributed by atoms with van der Waals surface area (Å²) in [6, 6.07) is 4.16. The molecule has 0 atom stereocenters. The summed E-state index contributed by atoms with van der Waals surface area (Å²) in [5.41, 5.74) is 4.58. The Morgan fingerprint density at radius 1 is 1.21 bits per heavy atom. The van der Waals surface area contributed by atoms with Gasteiger partial charge < -0.3 is 0 Å². The number of benzene rings is 1. The first-order chi connectivity index (χ1) is 6.56. The van der Waals surface area contributed by atoms with E-state index >= 15 is 0 Å². The average molecular weight is 190 g/mol. The largest absolute Gasteiger partial charge is 0.295 e. The van der Waals surface area contributed by atoms with Crippen molar-refractivity contribution in [3.05, 3.63) is 34.4 Å². The summed E-state index contributed by atoms with van der Waals surface area (Å²) in [6.45, 7) is 7.93. The Morgan fingerprint density at radius 3 is 2.29 bits per heavy atom. The molecule has 0 fully saturated rings. The molecule has 0 aliphatic carbocycles. The Labute approximate surface area is 86.1 Å². The number of hydrogen-bond acceptors (Lipinski definition) is 1. The van der Waals surface area contributed by atoms with Crippen LogP contribution in [0, 0.1) is 13.8 Å². The Bertz CT molecular complexity index is 350. The first-order valence-corrected chi connectivity index (χ1v) is 5.17. The van der Waals surface area contributed by atoms with Crippen LogP contribution in [0.5, 0.6) is 0 Å². The normalized spacial score (nSPS) is 10.3. The molecule has 1 aromatic rings. The second kappa shape index (κ2) is 4.41. The van der Waals surface area contributed by atoms with E-state index in [2.05, 4.69) is 26.8 Å². The van der Waals surface area contributed by atoms with Crippen LogP contribution in [0.1, 0.15) is 47.3 Å². The number of hydrogen-bond donors (Lipinski definition) is 0. The van der Waals surface area contributed by atoms with Gasteiger partial charge in [0, 0.05) is 5.56 Å². The molecule has 0 radical (unpaired) electrons. The van der Waals surface area contributed by atoms with E-state index in [0.717, 1.165) is 18.4 Å². The standard InChI is InChI=1S/C13H18O/c1-5-6-12-7-9(2)10(3)8-13(12)11(4)14/h7-8H,5-6H2,1-4H3. The maximum atomic E-state index is 11.4. The van der Waals surface area contributed by atoms with E-state index in [1.54, 1.807) is 6.92 Å². The van der Waals surface area contributed by atoms with E-state index in [4.69, 9.17) is 0 Å². The molecule has 1 aromatic carbocycles. The zero-order valence-electron chi connectivity index (χ0n) is 9.48. The third kappa shape index (κ3) is 2.22. The van der Waals surface area contributed by atoms with Gasteiger partial charge in [-0.3, -0.25) is 4.79 Å². The van der Waals surface area contributed by atoms with Crippen LogP contribution in [0.2, 0.25) is 0 Å². The lowest BCUT2D eigenvalue weighted by Crippen LogP contribution is -2.01. The van der Waals surface area contributed by atoms with Gasteiger partial charge in [-0.15, -0.1) is 0 Å². The molecule has 1 nitrogen and oxygen atoms in total. The molecule has 0 aliphatic rings. The molecule has 0 unspecified atom stereocenters. The number of aryl methyl sites for hydroxylation is 3. The predicted octanol–water partition coefficient (Wildman–Crippen LogP) is 3.46. The van der Waals surface area contributed by atoms with Crippen molar-refractivity contribution >= 4 is 5.78 Å². The first kappa shape index (κ1) is 11.0. The zero-order valence-corrected chi connectivity index (χ0v) is 9.48. The minimum Gasteiger partial charge on any atom is -0.295 e. The summed E-state index contributed by atoms with van der Waals surface area (Å²) in [5.74, 6) is 0.177. The molecule has 0 aliphatic heterocycles. The van der Waals surface area contributed by atoms with Crippen molar-refractivity contribution in [2.75, 3.05) is 0 Å². The van der Waals surface area contributed by atoms with Gasteiger partial charge in [0.2, 0.25) is 0 Å². The summed E-state index contributed by atoms with van der Waals surface area (Å²) < 4.78 is 0. The van der Waals surface area contributed by atoms with E-state index in [1.165, 1.54) is 16.7 Å². The van der Waals surface area contributed by atoms with Crippen molar-refractivity contribution in [2.45, 2.75) is 40.5 Å². The third-order valence-electron chi connectivity index (χ3n) is 2.62. The Hall–Kier alpha value is -1.11. The van der Waals surface area contributed by atoms with E-state index in [-0.39, 0.29) is 5.78 Å². The molecule has 0 spiro atoms. The lowest BCUT2D eigenvalue weighted by atomic mass is 9.95. The van der Waals surface area contributed by atoms with Crippen molar-refractivity contribution < 1.29 is 4.79 Å². The van der Waals surface area contributed by atoms with Crippen LogP contribution < -0.4 is 0 Å². The predicted molar refractivity (Wildman–Crippen MR) is 59.9 cm³/mol. The monoisotopic (exact) mass is 190 g/mol. The quantitative estimate of drug-likeness (QED) is 0.667. The SMILES string of the molecule is CCCc1cc(C)c(C)cc1C(C)=O. The second-order valence-corrected chi connectivity index (χ2v) is 3.90. The summed E-state index contributed by atoms with van der Waals surface area (Å²) in [7, 11) is 0. The van der Waals surface area contributed by atoms with Gasteiger partial charge in [0.1, 0.15) is 0 Å². The molecule has 76 valence electrons. The van der Waals surface area contributed by atoms with Crippen molar-refractivity contribution in [3.8, 4) is 0 Å². The van der Waals surface area contributed by atoms with Gasteiger partial charge in [-0.05, 0) is 49.9 Å². The highest BCUT2D eigenvalue weighted by Gasteiger charge is 2.08. The highest BCUT2D eigenvalue weighted by Crippen LogP contribution is 2.18. The van der Waals surface area contributed by atoms with Crippen LogP contribution in [0.3, 0.4) is 0 Å².